The standard InChI is InChI=1S/C26H24N4O2/c1-17-8-4-7-11-24(17)29-25(18(2)31)28-30(19-12-14-20(32-3)15-13-19)26(29)22-16-27-23-10-6-5-9-21(22)23/h4-16,26-27H,1-3H3/t26-/m1/s1. The molecule has 160 valence electrons. The Balaban J connectivity index is 1.74. The van der Waals surface area contributed by atoms with Gasteiger partial charge in [0.2, 0.25) is 0 Å². The SMILES string of the molecule is COc1ccc(N2N=C(C(C)=O)N(c3ccccc3C)[C@H]2c2c[nH]c3ccccc23)cc1. The molecule has 6 nitrogen and oxygen atoms in total. The van der Waals surface area contributed by atoms with Gasteiger partial charge in [0.1, 0.15) is 5.75 Å². The van der Waals surface area contributed by atoms with Crippen molar-refractivity contribution in [1.29, 1.82) is 0 Å². The molecule has 5 rings (SSSR count). The molecule has 0 fully saturated rings. The molecule has 3 aromatic carbocycles. The van der Waals surface area contributed by atoms with E-state index in [-0.39, 0.29) is 11.9 Å². The second-order valence-corrected chi connectivity index (χ2v) is 7.84. The lowest BCUT2D eigenvalue weighted by molar-refractivity contribution is -0.111. The van der Waals surface area contributed by atoms with Gasteiger partial charge in [-0.15, -0.1) is 5.10 Å². The summed E-state index contributed by atoms with van der Waals surface area (Å²) in [6.07, 6.45) is 1.68. The highest BCUT2D eigenvalue weighted by Crippen LogP contribution is 2.42. The Kier molecular flexibility index (Phi) is 4.90. The number of para-hydroxylation sites is 2. The van der Waals surface area contributed by atoms with Crippen LogP contribution >= 0.6 is 0 Å². The van der Waals surface area contributed by atoms with Crippen molar-refractivity contribution in [2.24, 2.45) is 5.10 Å². The first-order valence-electron chi connectivity index (χ1n) is 10.5. The first kappa shape index (κ1) is 19.9. The van der Waals surface area contributed by atoms with Crippen molar-refractivity contribution in [3.05, 3.63) is 90.1 Å². The van der Waals surface area contributed by atoms with Crippen molar-refractivity contribution in [2.75, 3.05) is 17.0 Å². The van der Waals surface area contributed by atoms with Gasteiger partial charge in [0.15, 0.2) is 17.8 Å². The summed E-state index contributed by atoms with van der Waals surface area (Å²) in [6.45, 7) is 3.61. The van der Waals surface area contributed by atoms with Crippen molar-refractivity contribution >= 4 is 33.9 Å². The van der Waals surface area contributed by atoms with Crippen LogP contribution in [0.15, 0.2) is 84.1 Å². The maximum absolute atomic E-state index is 12.8. The van der Waals surface area contributed by atoms with Crippen molar-refractivity contribution in [3.63, 3.8) is 0 Å². The zero-order valence-electron chi connectivity index (χ0n) is 18.2. The minimum absolute atomic E-state index is 0.0888. The van der Waals surface area contributed by atoms with E-state index >= 15 is 0 Å². The molecule has 1 atom stereocenters. The van der Waals surface area contributed by atoms with Crippen LogP contribution in [0.5, 0.6) is 5.75 Å². The lowest BCUT2D eigenvalue weighted by Gasteiger charge is -2.32. The van der Waals surface area contributed by atoms with Crippen LogP contribution in [0.3, 0.4) is 0 Å². The molecule has 0 aliphatic carbocycles. The number of carbonyl (C=O) groups is 1. The molecular formula is C26H24N4O2. The molecule has 1 aromatic heterocycles. The number of H-pyrrole nitrogens is 1. The average molecular weight is 425 g/mol. The van der Waals surface area contributed by atoms with Crippen LogP contribution in [0.1, 0.15) is 24.2 Å². The maximum Gasteiger partial charge on any atom is 0.198 e. The molecule has 32 heavy (non-hydrogen) atoms. The highest BCUT2D eigenvalue weighted by atomic mass is 16.5. The Morgan fingerprint density at radius 2 is 1.72 bits per heavy atom. The van der Waals surface area contributed by atoms with Crippen molar-refractivity contribution in [3.8, 4) is 5.75 Å². The number of hydrogen-bond acceptors (Lipinski definition) is 5. The molecule has 1 N–H and O–H groups in total. The van der Waals surface area contributed by atoms with Crippen LogP contribution in [-0.4, -0.2) is 23.7 Å². The number of hydrogen-bond donors (Lipinski definition) is 1. The Labute approximate surface area is 186 Å². The van der Waals surface area contributed by atoms with Gasteiger partial charge in [-0.1, -0.05) is 36.4 Å². The second kappa shape index (κ2) is 7.89. The van der Waals surface area contributed by atoms with E-state index in [1.54, 1.807) is 14.0 Å². The van der Waals surface area contributed by atoms with E-state index in [0.29, 0.717) is 5.84 Å². The predicted molar refractivity (Wildman–Crippen MR) is 128 cm³/mol. The number of hydrazone groups is 1. The van der Waals surface area contributed by atoms with Crippen LogP contribution in [0.2, 0.25) is 0 Å². The van der Waals surface area contributed by atoms with Crippen LogP contribution in [0.25, 0.3) is 10.9 Å². The number of methoxy groups -OCH3 is 1. The van der Waals surface area contributed by atoms with Crippen LogP contribution in [-0.2, 0) is 4.79 Å². The summed E-state index contributed by atoms with van der Waals surface area (Å²) in [6, 6.07) is 24.0. The number of nitrogens with zero attached hydrogens (tertiary/aromatic N) is 3. The van der Waals surface area contributed by atoms with Gasteiger partial charge in [0, 0.05) is 35.3 Å². The third kappa shape index (κ3) is 3.21. The molecule has 1 aliphatic rings. The lowest BCUT2D eigenvalue weighted by atomic mass is 10.1. The maximum atomic E-state index is 12.8. The quantitative estimate of drug-likeness (QED) is 0.465. The number of aromatic nitrogens is 1. The molecule has 0 radical (unpaired) electrons. The van der Waals surface area contributed by atoms with Gasteiger partial charge < -0.3 is 9.72 Å². The summed E-state index contributed by atoms with van der Waals surface area (Å²) >= 11 is 0. The summed E-state index contributed by atoms with van der Waals surface area (Å²) in [5.74, 6) is 1.09. The number of anilines is 2. The van der Waals surface area contributed by atoms with Gasteiger partial charge in [-0.05, 0) is 48.9 Å². The molecule has 0 amide bonds. The third-order valence-electron chi connectivity index (χ3n) is 5.83. The van der Waals surface area contributed by atoms with Crippen molar-refractivity contribution < 1.29 is 9.53 Å². The number of ether oxygens (including phenoxy) is 1. The topological polar surface area (TPSA) is 60.9 Å². The molecule has 2 heterocycles. The molecule has 1 aliphatic heterocycles. The van der Waals surface area contributed by atoms with Crippen molar-refractivity contribution in [1.82, 2.24) is 4.98 Å². The minimum Gasteiger partial charge on any atom is -0.497 e. The monoisotopic (exact) mass is 424 g/mol. The number of amidine groups is 1. The molecule has 0 saturated carbocycles. The van der Waals surface area contributed by atoms with E-state index in [1.165, 1.54) is 0 Å². The van der Waals surface area contributed by atoms with Crippen LogP contribution < -0.4 is 14.6 Å². The lowest BCUT2D eigenvalue weighted by Crippen LogP contribution is -2.38. The minimum atomic E-state index is -0.334. The van der Waals surface area contributed by atoms with Gasteiger partial charge in [-0.3, -0.25) is 9.69 Å². The highest BCUT2D eigenvalue weighted by molar-refractivity contribution is 6.44. The zero-order chi connectivity index (χ0) is 22.2. The average Bonchev–Trinajstić information content (AvgIpc) is 3.41. The van der Waals surface area contributed by atoms with E-state index in [9.17, 15) is 4.79 Å². The normalized spacial score (nSPS) is 15.8. The Morgan fingerprint density at radius 1 is 1.00 bits per heavy atom. The largest absolute Gasteiger partial charge is 0.497 e. The number of fused-ring (bicyclic) bond motifs is 1. The van der Waals surface area contributed by atoms with E-state index in [4.69, 9.17) is 9.84 Å². The van der Waals surface area contributed by atoms with Gasteiger partial charge in [-0.2, -0.15) is 0 Å². The highest BCUT2D eigenvalue weighted by Gasteiger charge is 2.40. The molecule has 4 aromatic rings. The van der Waals surface area contributed by atoms with E-state index in [0.717, 1.165) is 39.2 Å². The number of benzene rings is 3. The van der Waals surface area contributed by atoms with E-state index in [1.807, 2.05) is 70.7 Å². The number of aromatic amines is 1. The fourth-order valence-electron chi connectivity index (χ4n) is 4.26. The second-order valence-electron chi connectivity index (χ2n) is 7.84. The van der Waals surface area contributed by atoms with Crippen molar-refractivity contribution in [2.45, 2.75) is 20.0 Å². The summed E-state index contributed by atoms with van der Waals surface area (Å²) in [5.41, 5.74) is 4.98. The predicted octanol–water partition coefficient (Wildman–Crippen LogP) is 5.41. The zero-order valence-corrected chi connectivity index (χ0v) is 18.2. The number of carbonyl (C=O) groups excluding carboxylic acids is 1. The number of Topliss-reactive ketones (excluding diaryl/α,β-unsaturated/α-hetero) is 1. The number of nitrogens with one attached hydrogen (secondary N) is 1. The summed E-state index contributed by atoms with van der Waals surface area (Å²) in [7, 11) is 1.64. The number of rotatable bonds is 5. The Morgan fingerprint density at radius 3 is 2.44 bits per heavy atom. The molecule has 0 unspecified atom stereocenters. The molecule has 6 heteroatoms. The Bertz CT molecular complexity index is 1320. The third-order valence-corrected chi connectivity index (χ3v) is 5.83. The van der Waals surface area contributed by atoms with Gasteiger partial charge in [0.25, 0.3) is 0 Å². The molecular weight excluding hydrogens is 400 g/mol. The summed E-state index contributed by atoms with van der Waals surface area (Å²) in [4.78, 5) is 18.2. The first-order chi connectivity index (χ1) is 15.6. The number of ketones is 1. The smallest absolute Gasteiger partial charge is 0.198 e. The first-order valence-corrected chi connectivity index (χ1v) is 10.5. The van der Waals surface area contributed by atoms with Gasteiger partial charge >= 0.3 is 0 Å². The van der Waals surface area contributed by atoms with E-state index < -0.39 is 0 Å². The number of aryl methyl sites for hydroxylation is 1. The molecule has 0 spiro atoms. The van der Waals surface area contributed by atoms with Crippen LogP contribution in [0, 0.1) is 6.92 Å². The molecule has 0 saturated heterocycles. The molecule has 0 bridgehead atoms. The summed E-state index contributed by atoms with van der Waals surface area (Å²) in [5, 5.41) is 7.84. The fourth-order valence-corrected chi connectivity index (χ4v) is 4.26. The van der Waals surface area contributed by atoms with Gasteiger partial charge in [-0.25, -0.2) is 5.01 Å². The Hall–Kier alpha value is -4.06. The van der Waals surface area contributed by atoms with Crippen LogP contribution in [0.4, 0.5) is 11.4 Å². The van der Waals surface area contributed by atoms with Gasteiger partial charge in [0.05, 0.1) is 12.8 Å². The summed E-state index contributed by atoms with van der Waals surface area (Å²) < 4.78 is 5.33. The fraction of sp³-hybridized carbons (Fsp3) is 0.154. The van der Waals surface area contributed by atoms with E-state index in [2.05, 4.69) is 30.1 Å².